The van der Waals surface area contributed by atoms with Crippen LogP contribution in [0.5, 0.6) is 5.75 Å². The van der Waals surface area contributed by atoms with Gasteiger partial charge in [0.05, 0.1) is 16.5 Å². The highest BCUT2D eigenvalue weighted by molar-refractivity contribution is 7.89. The first-order chi connectivity index (χ1) is 12.2. The Balaban J connectivity index is 1.64. The van der Waals surface area contributed by atoms with Crippen LogP contribution < -0.4 is 4.74 Å². The van der Waals surface area contributed by atoms with E-state index in [4.69, 9.17) is 20.9 Å². The Kier molecular flexibility index (Phi) is 4.03. The van der Waals surface area contributed by atoms with E-state index in [1.54, 1.807) is 13.0 Å². The predicted molar refractivity (Wildman–Crippen MR) is 91.6 cm³/mol. The molecule has 2 aromatic rings. The van der Waals surface area contributed by atoms with Gasteiger partial charge < -0.3 is 14.4 Å². The first kappa shape index (κ1) is 17.7. The molecule has 0 amide bonds. The Morgan fingerprint density at radius 3 is 2.88 bits per heavy atom. The number of fused-ring (bicyclic) bond motifs is 1. The van der Waals surface area contributed by atoms with Gasteiger partial charge in [0.25, 0.3) is 5.89 Å². The number of aromatic nitrogens is 2. The number of nitrogens with zero attached hydrogens (tertiary/aromatic N) is 3. The van der Waals surface area contributed by atoms with Gasteiger partial charge in [0, 0.05) is 24.9 Å². The molecule has 140 valence electrons. The average Bonchev–Trinajstić information content (AvgIpc) is 3.26. The van der Waals surface area contributed by atoms with Crippen molar-refractivity contribution in [2.75, 3.05) is 13.1 Å². The third-order valence-electron chi connectivity index (χ3n) is 4.70. The van der Waals surface area contributed by atoms with Crippen LogP contribution in [0, 0.1) is 6.92 Å². The summed E-state index contributed by atoms with van der Waals surface area (Å²) in [6.07, 6.45) is 0.731. The summed E-state index contributed by atoms with van der Waals surface area (Å²) in [7, 11) is -3.83. The zero-order valence-electron chi connectivity index (χ0n) is 14.3. The second-order valence-corrected chi connectivity index (χ2v) is 9.14. The van der Waals surface area contributed by atoms with Gasteiger partial charge in [0.1, 0.15) is 11.9 Å². The monoisotopic (exact) mass is 399 g/mol. The second kappa shape index (κ2) is 5.91. The predicted octanol–water partition coefficient (Wildman–Crippen LogP) is 1.64. The Morgan fingerprint density at radius 2 is 2.19 bits per heavy atom. The molecular weight excluding hydrogens is 382 g/mol. The van der Waals surface area contributed by atoms with Crippen molar-refractivity contribution in [3.63, 3.8) is 0 Å². The minimum atomic E-state index is -3.83. The summed E-state index contributed by atoms with van der Waals surface area (Å²) in [6, 6.07) is 2.98. The number of hydrogen-bond donors (Lipinski definition) is 1. The number of aliphatic hydroxyl groups is 1. The number of hydrogen-bond acceptors (Lipinski definition) is 7. The van der Waals surface area contributed by atoms with Crippen molar-refractivity contribution < 1.29 is 22.8 Å². The molecule has 10 heteroatoms. The summed E-state index contributed by atoms with van der Waals surface area (Å²) < 4.78 is 37.9. The number of halogens is 1. The molecule has 1 aromatic carbocycles. The van der Waals surface area contributed by atoms with E-state index in [0.717, 1.165) is 5.56 Å². The van der Waals surface area contributed by atoms with Gasteiger partial charge in [-0.2, -0.15) is 9.29 Å². The molecule has 0 aliphatic carbocycles. The van der Waals surface area contributed by atoms with Crippen LogP contribution in [-0.2, 0) is 22.0 Å². The standard InChI is InChI=1S/C16H18ClN3O5S/c1-9-5-11-6-12(7-13(17)14(11)24-9)26(22,23)20-4-3-16(21,8-20)15-18-10(2)19-25-15/h6-7,9,21H,3-5,8H2,1-2H3/t9-,16+/m0/s1. The Bertz CT molecular complexity index is 976. The molecule has 2 aliphatic rings. The fraction of sp³-hybridized carbons (Fsp3) is 0.500. The number of aryl methyl sites for hydroxylation is 1. The van der Waals surface area contributed by atoms with E-state index in [9.17, 15) is 13.5 Å². The number of ether oxygens (including phenoxy) is 1. The molecule has 4 rings (SSSR count). The van der Waals surface area contributed by atoms with Crippen LogP contribution in [-0.4, -0.2) is 47.2 Å². The number of sulfonamides is 1. The van der Waals surface area contributed by atoms with Crippen LogP contribution in [0.1, 0.15) is 30.6 Å². The molecule has 1 fully saturated rings. The number of benzene rings is 1. The molecule has 1 N–H and O–H groups in total. The Hall–Kier alpha value is -1.68. The average molecular weight is 400 g/mol. The molecule has 3 heterocycles. The van der Waals surface area contributed by atoms with Gasteiger partial charge in [-0.1, -0.05) is 16.8 Å². The third-order valence-corrected chi connectivity index (χ3v) is 6.80. The van der Waals surface area contributed by atoms with Gasteiger partial charge in [0.15, 0.2) is 11.4 Å². The lowest BCUT2D eigenvalue weighted by molar-refractivity contribution is 0.0194. The van der Waals surface area contributed by atoms with Gasteiger partial charge in [-0.05, 0) is 26.0 Å². The van der Waals surface area contributed by atoms with Crippen LogP contribution >= 0.6 is 11.6 Å². The van der Waals surface area contributed by atoms with Crippen molar-refractivity contribution in [3.8, 4) is 5.75 Å². The van der Waals surface area contributed by atoms with E-state index < -0.39 is 15.6 Å². The first-order valence-electron chi connectivity index (χ1n) is 8.21. The van der Waals surface area contributed by atoms with Gasteiger partial charge in [-0.15, -0.1) is 0 Å². The number of β-amino-alcohol motifs (C(OH)–C–C–N with tert-alkyl or cyclic N) is 1. The molecular formula is C16H18ClN3O5S. The zero-order chi connectivity index (χ0) is 18.7. The van der Waals surface area contributed by atoms with Crippen LogP contribution in [0.4, 0.5) is 0 Å². The van der Waals surface area contributed by atoms with Gasteiger partial charge in [0.2, 0.25) is 10.0 Å². The number of rotatable bonds is 3. The second-order valence-electron chi connectivity index (χ2n) is 6.79. The van der Waals surface area contributed by atoms with Crippen molar-refractivity contribution in [1.82, 2.24) is 14.4 Å². The van der Waals surface area contributed by atoms with Crippen LogP contribution in [0.15, 0.2) is 21.6 Å². The minimum absolute atomic E-state index is 0.0295. The normalized spacial score (nSPS) is 26.1. The van der Waals surface area contributed by atoms with Crippen molar-refractivity contribution in [2.24, 2.45) is 0 Å². The van der Waals surface area contributed by atoms with E-state index in [1.807, 2.05) is 6.92 Å². The van der Waals surface area contributed by atoms with Gasteiger partial charge >= 0.3 is 0 Å². The fourth-order valence-electron chi connectivity index (χ4n) is 3.38. The first-order valence-corrected chi connectivity index (χ1v) is 10.0. The third kappa shape index (κ3) is 2.79. The van der Waals surface area contributed by atoms with Crippen molar-refractivity contribution in [1.29, 1.82) is 0 Å². The molecule has 1 saturated heterocycles. The molecule has 2 aliphatic heterocycles. The maximum Gasteiger partial charge on any atom is 0.260 e. The lowest BCUT2D eigenvalue weighted by Crippen LogP contribution is -2.34. The maximum absolute atomic E-state index is 13.0. The fourth-order valence-corrected chi connectivity index (χ4v) is 5.30. The molecule has 0 radical (unpaired) electrons. The summed E-state index contributed by atoms with van der Waals surface area (Å²) in [5.74, 6) is 0.952. The summed E-state index contributed by atoms with van der Waals surface area (Å²) >= 11 is 6.22. The van der Waals surface area contributed by atoms with Crippen molar-refractivity contribution in [2.45, 2.75) is 43.3 Å². The molecule has 2 atom stereocenters. The van der Waals surface area contributed by atoms with E-state index in [0.29, 0.717) is 18.0 Å². The Labute approximate surface area is 155 Å². The summed E-state index contributed by atoms with van der Waals surface area (Å²) in [5.41, 5.74) is -0.725. The van der Waals surface area contributed by atoms with E-state index in [-0.39, 0.29) is 41.4 Å². The minimum Gasteiger partial charge on any atom is -0.489 e. The lowest BCUT2D eigenvalue weighted by Gasteiger charge is -2.20. The highest BCUT2D eigenvalue weighted by atomic mass is 35.5. The summed E-state index contributed by atoms with van der Waals surface area (Å²) in [6.45, 7) is 3.52. The summed E-state index contributed by atoms with van der Waals surface area (Å²) in [4.78, 5) is 4.12. The van der Waals surface area contributed by atoms with Gasteiger partial charge in [-0.25, -0.2) is 8.42 Å². The highest BCUT2D eigenvalue weighted by Gasteiger charge is 2.47. The quantitative estimate of drug-likeness (QED) is 0.836. The van der Waals surface area contributed by atoms with Crippen molar-refractivity contribution >= 4 is 21.6 Å². The maximum atomic E-state index is 13.0. The zero-order valence-corrected chi connectivity index (χ0v) is 15.8. The van der Waals surface area contributed by atoms with E-state index in [1.165, 1.54) is 10.4 Å². The Morgan fingerprint density at radius 1 is 1.42 bits per heavy atom. The molecule has 0 bridgehead atoms. The largest absolute Gasteiger partial charge is 0.489 e. The smallest absolute Gasteiger partial charge is 0.260 e. The molecule has 0 saturated carbocycles. The topological polar surface area (TPSA) is 106 Å². The summed E-state index contributed by atoms with van der Waals surface area (Å²) in [5, 5.41) is 14.7. The molecule has 0 spiro atoms. The molecule has 0 unspecified atom stereocenters. The highest BCUT2D eigenvalue weighted by Crippen LogP contribution is 2.40. The molecule has 8 nitrogen and oxygen atoms in total. The van der Waals surface area contributed by atoms with Crippen LogP contribution in [0.25, 0.3) is 0 Å². The molecule has 1 aromatic heterocycles. The van der Waals surface area contributed by atoms with E-state index in [2.05, 4.69) is 10.1 Å². The SMILES string of the molecule is Cc1noc([C@@]2(O)CCN(S(=O)(=O)c3cc(Cl)c4c(c3)C[C@H](C)O4)C2)n1. The lowest BCUT2D eigenvalue weighted by atomic mass is 10.0. The van der Waals surface area contributed by atoms with Gasteiger partial charge in [-0.3, -0.25) is 0 Å². The molecule has 26 heavy (non-hydrogen) atoms. The van der Waals surface area contributed by atoms with Crippen LogP contribution in [0.3, 0.4) is 0 Å². The van der Waals surface area contributed by atoms with Crippen LogP contribution in [0.2, 0.25) is 5.02 Å². The van der Waals surface area contributed by atoms with Crippen molar-refractivity contribution in [3.05, 3.63) is 34.4 Å². The van der Waals surface area contributed by atoms with E-state index >= 15 is 0 Å².